The Balaban J connectivity index is 2.69. The van der Waals surface area contributed by atoms with Crippen LogP contribution in [0.15, 0.2) is 0 Å². The standard InChI is InChI=1S/C11H22O6/c1-2-3-4-5-11(16)10(15)9(14)8(13)7(6-12)17-11/h7-10,12-16H,2-6H2,1H3/t7-,8-,9+,10+,11+/m1/s1. The Hall–Kier alpha value is -0.240. The summed E-state index contributed by atoms with van der Waals surface area (Å²) in [6, 6.07) is 0. The Kier molecular flexibility index (Phi) is 5.30. The monoisotopic (exact) mass is 250 g/mol. The maximum Gasteiger partial charge on any atom is 0.195 e. The van der Waals surface area contributed by atoms with E-state index in [9.17, 15) is 20.4 Å². The first kappa shape index (κ1) is 14.8. The lowest BCUT2D eigenvalue weighted by Gasteiger charge is -2.45. The number of aliphatic hydroxyl groups excluding tert-OH is 4. The molecule has 5 atom stereocenters. The van der Waals surface area contributed by atoms with Crippen LogP contribution in [0.1, 0.15) is 32.6 Å². The van der Waals surface area contributed by atoms with E-state index in [1.54, 1.807) is 0 Å². The predicted molar refractivity (Wildman–Crippen MR) is 59.1 cm³/mol. The SMILES string of the molecule is CCCCC[C@]1(O)O[C@H](CO)[C@@H](O)[C@H](O)[C@@H]1O. The maximum absolute atomic E-state index is 10.1. The second-order valence-electron chi connectivity index (χ2n) is 4.57. The molecule has 6 nitrogen and oxygen atoms in total. The van der Waals surface area contributed by atoms with Gasteiger partial charge in [-0.2, -0.15) is 0 Å². The van der Waals surface area contributed by atoms with Crippen LogP contribution in [-0.2, 0) is 4.74 Å². The highest BCUT2D eigenvalue weighted by atomic mass is 16.7. The molecule has 0 bridgehead atoms. The first-order chi connectivity index (χ1) is 7.96. The van der Waals surface area contributed by atoms with Crippen molar-refractivity contribution in [2.24, 2.45) is 0 Å². The van der Waals surface area contributed by atoms with Crippen LogP contribution in [0.2, 0.25) is 0 Å². The van der Waals surface area contributed by atoms with Crippen molar-refractivity contribution in [1.29, 1.82) is 0 Å². The quantitative estimate of drug-likeness (QED) is 0.389. The Morgan fingerprint density at radius 3 is 2.29 bits per heavy atom. The fourth-order valence-corrected chi connectivity index (χ4v) is 2.06. The minimum atomic E-state index is -1.90. The third-order valence-corrected chi connectivity index (χ3v) is 3.19. The Morgan fingerprint density at radius 2 is 1.76 bits per heavy atom. The molecule has 102 valence electrons. The van der Waals surface area contributed by atoms with Crippen molar-refractivity contribution in [3.63, 3.8) is 0 Å². The van der Waals surface area contributed by atoms with Crippen LogP contribution >= 0.6 is 0 Å². The van der Waals surface area contributed by atoms with Crippen molar-refractivity contribution < 1.29 is 30.3 Å². The Morgan fingerprint density at radius 1 is 1.12 bits per heavy atom. The van der Waals surface area contributed by atoms with Crippen molar-refractivity contribution in [3.05, 3.63) is 0 Å². The lowest BCUT2D eigenvalue weighted by Crippen LogP contribution is -2.65. The first-order valence-electron chi connectivity index (χ1n) is 6.01. The minimum Gasteiger partial charge on any atom is -0.394 e. The molecule has 17 heavy (non-hydrogen) atoms. The summed E-state index contributed by atoms with van der Waals surface area (Å²) in [5, 5.41) is 47.9. The molecule has 0 amide bonds. The zero-order valence-corrected chi connectivity index (χ0v) is 9.99. The van der Waals surface area contributed by atoms with Gasteiger partial charge in [-0.3, -0.25) is 0 Å². The molecule has 1 saturated heterocycles. The number of ether oxygens (including phenoxy) is 1. The smallest absolute Gasteiger partial charge is 0.195 e. The molecule has 0 radical (unpaired) electrons. The fourth-order valence-electron chi connectivity index (χ4n) is 2.06. The first-order valence-corrected chi connectivity index (χ1v) is 6.01. The van der Waals surface area contributed by atoms with Gasteiger partial charge in [-0.05, 0) is 6.42 Å². The summed E-state index contributed by atoms with van der Waals surface area (Å²) in [7, 11) is 0. The summed E-state index contributed by atoms with van der Waals surface area (Å²) < 4.78 is 5.11. The summed E-state index contributed by atoms with van der Waals surface area (Å²) in [6.07, 6.45) is -2.99. The van der Waals surface area contributed by atoms with Gasteiger partial charge in [-0.1, -0.05) is 19.8 Å². The number of rotatable bonds is 5. The van der Waals surface area contributed by atoms with Crippen molar-refractivity contribution >= 4 is 0 Å². The predicted octanol–water partition coefficient (Wildman–Crippen LogP) is -1.27. The van der Waals surface area contributed by atoms with E-state index in [1.165, 1.54) is 0 Å². The topological polar surface area (TPSA) is 110 Å². The van der Waals surface area contributed by atoms with E-state index >= 15 is 0 Å². The molecular formula is C11H22O6. The second kappa shape index (κ2) is 6.08. The molecule has 0 aliphatic carbocycles. The minimum absolute atomic E-state index is 0.155. The van der Waals surface area contributed by atoms with Gasteiger partial charge in [0, 0.05) is 6.42 Å². The molecule has 1 aliphatic rings. The van der Waals surface area contributed by atoms with E-state index in [2.05, 4.69) is 0 Å². The normalized spacial score (nSPS) is 42.7. The van der Waals surface area contributed by atoms with Crippen LogP contribution in [0.5, 0.6) is 0 Å². The molecule has 0 aromatic rings. The lowest BCUT2D eigenvalue weighted by molar-refractivity contribution is -0.351. The molecular weight excluding hydrogens is 228 g/mol. The van der Waals surface area contributed by atoms with Gasteiger partial charge in [0.25, 0.3) is 0 Å². The van der Waals surface area contributed by atoms with Gasteiger partial charge in [-0.15, -0.1) is 0 Å². The van der Waals surface area contributed by atoms with Gasteiger partial charge in [0.2, 0.25) is 0 Å². The summed E-state index contributed by atoms with van der Waals surface area (Å²) >= 11 is 0. The molecule has 6 heteroatoms. The fraction of sp³-hybridized carbons (Fsp3) is 1.00. The summed E-state index contributed by atoms with van der Waals surface area (Å²) in [5.74, 6) is -1.90. The van der Waals surface area contributed by atoms with Gasteiger partial charge in [0.05, 0.1) is 6.61 Å². The molecule has 0 aromatic carbocycles. The zero-order valence-electron chi connectivity index (χ0n) is 9.99. The van der Waals surface area contributed by atoms with Gasteiger partial charge >= 0.3 is 0 Å². The largest absolute Gasteiger partial charge is 0.394 e. The van der Waals surface area contributed by atoms with E-state index in [-0.39, 0.29) is 6.42 Å². The van der Waals surface area contributed by atoms with E-state index in [0.29, 0.717) is 6.42 Å². The average molecular weight is 250 g/mol. The molecule has 1 rings (SSSR count). The van der Waals surface area contributed by atoms with E-state index in [0.717, 1.165) is 12.8 Å². The van der Waals surface area contributed by atoms with Crippen LogP contribution in [0, 0.1) is 0 Å². The zero-order chi connectivity index (χ0) is 13.1. The van der Waals surface area contributed by atoms with Gasteiger partial charge in [0.15, 0.2) is 5.79 Å². The Bertz CT molecular complexity index is 234. The van der Waals surface area contributed by atoms with Crippen LogP contribution < -0.4 is 0 Å². The van der Waals surface area contributed by atoms with Crippen molar-refractivity contribution in [1.82, 2.24) is 0 Å². The van der Waals surface area contributed by atoms with Crippen LogP contribution in [0.25, 0.3) is 0 Å². The summed E-state index contributed by atoms with van der Waals surface area (Å²) in [5.41, 5.74) is 0. The third kappa shape index (κ3) is 3.15. The number of unbranched alkanes of at least 4 members (excludes halogenated alkanes) is 2. The van der Waals surface area contributed by atoms with Crippen molar-refractivity contribution in [2.45, 2.75) is 62.8 Å². The molecule has 0 unspecified atom stereocenters. The van der Waals surface area contributed by atoms with Crippen molar-refractivity contribution in [2.75, 3.05) is 6.61 Å². The summed E-state index contributed by atoms with van der Waals surface area (Å²) in [6.45, 7) is 1.47. The maximum atomic E-state index is 10.1. The average Bonchev–Trinajstić information content (AvgIpc) is 2.32. The molecule has 5 N–H and O–H groups in total. The molecule has 1 heterocycles. The van der Waals surface area contributed by atoms with Crippen molar-refractivity contribution in [3.8, 4) is 0 Å². The highest BCUT2D eigenvalue weighted by molar-refractivity contribution is 4.95. The molecule has 0 spiro atoms. The third-order valence-electron chi connectivity index (χ3n) is 3.19. The number of hydrogen-bond acceptors (Lipinski definition) is 6. The second-order valence-corrected chi connectivity index (χ2v) is 4.57. The molecule has 1 aliphatic heterocycles. The van der Waals surface area contributed by atoms with E-state index in [4.69, 9.17) is 9.84 Å². The highest BCUT2D eigenvalue weighted by Crippen LogP contribution is 2.32. The van der Waals surface area contributed by atoms with Crippen LogP contribution in [0.4, 0.5) is 0 Å². The van der Waals surface area contributed by atoms with E-state index < -0.39 is 36.8 Å². The van der Waals surface area contributed by atoms with Gasteiger partial charge in [0.1, 0.15) is 24.4 Å². The van der Waals surface area contributed by atoms with Crippen LogP contribution in [0.3, 0.4) is 0 Å². The summed E-state index contributed by atoms with van der Waals surface area (Å²) in [4.78, 5) is 0. The van der Waals surface area contributed by atoms with Crippen LogP contribution in [-0.4, -0.2) is 62.3 Å². The van der Waals surface area contributed by atoms with Gasteiger partial charge in [-0.25, -0.2) is 0 Å². The lowest BCUT2D eigenvalue weighted by atomic mass is 9.89. The molecule has 0 aromatic heterocycles. The number of aliphatic hydroxyl groups is 5. The molecule has 1 fully saturated rings. The van der Waals surface area contributed by atoms with Gasteiger partial charge < -0.3 is 30.3 Å². The van der Waals surface area contributed by atoms with E-state index in [1.807, 2.05) is 6.92 Å². The molecule has 0 saturated carbocycles. The highest BCUT2D eigenvalue weighted by Gasteiger charge is 2.51. The number of hydrogen-bond donors (Lipinski definition) is 5. The Labute approximate surface area is 100 Å².